The third-order valence-electron chi connectivity index (χ3n) is 6.33. The number of amides is 2. The molecule has 2 amide bonds. The first kappa shape index (κ1) is 21.4. The lowest BCUT2D eigenvalue weighted by molar-refractivity contribution is 0.240. The normalized spacial score (nSPS) is 17.1. The number of nitrogens with zero attached hydrogens (tertiary/aromatic N) is 2. The van der Waals surface area contributed by atoms with E-state index in [4.69, 9.17) is 5.73 Å². The van der Waals surface area contributed by atoms with Gasteiger partial charge >= 0.3 is 6.03 Å². The van der Waals surface area contributed by atoms with Crippen molar-refractivity contribution >= 4 is 27.4 Å². The third-order valence-corrected chi connectivity index (χ3v) is 8.87. The van der Waals surface area contributed by atoms with Crippen LogP contribution in [-0.4, -0.2) is 30.5 Å². The molecule has 0 aliphatic heterocycles. The van der Waals surface area contributed by atoms with Gasteiger partial charge in [0, 0.05) is 23.4 Å². The van der Waals surface area contributed by atoms with Crippen molar-refractivity contribution in [2.24, 2.45) is 0 Å². The fraction of sp³-hybridized carbons (Fsp3) is 0.292. The van der Waals surface area contributed by atoms with Crippen LogP contribution >= 0.6 is 0 Å². The first-order valence-electron chi connectivity index (χ1n) is 11.0. The number of sulfone groups is 1. The van der Waals surface area contributed by atoms with Crippen LogP contribution in [0.2, 0.25) is 0 Å². The van der Waals surface area contributed by atoms with Crippen molar-refractivity contribution in [1.29, 1.82) is 0 Å². The van der Waals surface area contributed by atoms with Crippen molar-refractivity contribution in [3.8, 4) is 11.4 Å². The van der Waals surface area contributed by atoms with Gasteiger partial charge in [0.25, 0.3) is 0 Å². The number of carbonyl (C=O) groups excluding carboxylic acids is 1. The van der Waals surface area contributed by atoms with Crippen molar-refractivity contribution < 1.29 is 13.2 Å². The van der Waals surface area contributed by atoms with Crippen LogP contribution in [0.3, 0.4) is 0 Å². The number of rotatable bonds is 6. The Morgan fingerprint density at radius 2 is 1.70 bits per heavy atom. The summed E-state index contributed by atoms with van der Waals surface area (Å²) in [6.45, 7) is 0. The summed E-state index contributed by atoms with van der Waals surface area (Å²) in [5.74, 6) is 0.566. The number of nitrogens with one attached hydrogen (secondary N) is 2. The van der Waals surface area contributed by atoms with Crippen LogP contribution in [0.4, 0.5) is 16.3 Å². The molecule has 2 aliphatic carbocycles. The monoisotopic (exact) mass is 463 g/mol. The summed E-state index contributed by atoms with van der Waals surface area (Å²) >= 11 is 0. The number of hydrogen-bond acceptors (Lipinski definition) is 6. The summed E-state index contributed by atoms with van der Waals surface area (Å²) in [6, 6.07) is 17.1. The summed E-state index contributed by atoms with van der Waals surface area (Å²) in [7, 11) is -3.62. The van der Waals surface area contributed by atoms with E-state index in [9.17, 15) is 13.2 Å². The fourth-order valence-corrected chi connectivity index (χ4v) is 6.02. The molecule has 2 aromatic carbocycles. The number of urea groups is 1. The van der Waals surface area contributed by atoms with E-state index in [1.54, 1.807) is 60.7 Å². The Kier molecular flexibility index (Phi) is 5.28. The highest BCUT2D eigenvalue weighted by atomic mass is 32.2. The number of aromatic nitrogens is 2. The molecule has 3 aromatic rings. The molecule has 8 nitrogen and oxygen atoms in total. The first-order chi connectivity index (χ1) is 15.9. The number of anilines is 2. The van der Waals surface area contributed by atoms with Crippen molar-refractivity contribution in [2.75, 3.05) is 11.1 Å². The highest BCUT2D eigenvalue weighted by Gasteiger charge is 2.57. The van der Waals surface area contributed by atoms with Crippen molar-refractivity contribution in [3.63, 3.8) is 0 Å². The smallest absolute Gasteiger partial charge is 0.319 e. The lowest BCUT2D eigenvalue weighted by Gasteiger charge is -2.26. The molecule has 2 saturated carbocycles. The van der Waals surface area contributed by atoms with Gasteiger partial charge in [0.1, 0.15) is 10.6 Å². The molecular formula is C24H25N5O3S. The molecule has 0 spiro atoms. The maximum absolute atomic E-state index is 13.4. The van der Waals surface area contributed by atoms with E-state index in [0.717, 1.165) is 19.3 Å². The van der Waals surface area contributed by atoms with Crippen LogP contribution in [0.15, 0.2) is 65.6 Å². The second-order valence-electron chi connectivity index (χ2n) is 8.62. The number of nitrogens with two attached hydrogens (primary N) is 1. The molecule has 5 rings (SSSR count). The molecule has 0 atom stereocenters. The molecule has 2 aliphatic rings. The maximum atomic E-state index is 13.4. The Morgan fingerprint density at radius 1 is 1.00 bits per heavy atom. The molecule has 0 radical (unpaired) electrons. The molecule has 2 fully saturated rings. The highest BCUT2D eigenvalue weighted by Crippen LogP contribution is 2.54. The topological polar surface area (TPSA) is 127 Å². The van der Waals surface area contributed by atoms with E-state index in [1.807, 2.05) is 0 Å². The highest BCUT2D eigenvalue weighted by molar-refractivity contribution is 7.92. The van der Waals surface area contributed by atoms with Crippen LogP contribution < -0.4 is 16.4 Å². The van der Waals surface area contributed by atoms with Gasteiger partial charge in [-0.15, -0.1) is 0 Å². The second-order valence-corrected chi connectivity index (χ2v) is 10.9. The molecule has 170 valence electrons. The van der Waals surface area contributed by atoms with Crippen LogP contribution in [0.25, 0.3) is 11.4 Å². The Balaban J connectivity index is 1.39. The zero-order chi connectivity index (χ0) is 23.1. The summed E-state index contributed by atoms with van der Waals surface area (Å²) in [5.41, 5.74) is 7.79. The van der Waals surface area contributed by atoms with Gasteiger partial charge in [-0.25, -0.2) is 23.2 Å². The van der Waals surface area contributed by atoms with E-state index in [0.29, 0.717) is 35.6 Å². The average molecular weight is 464 g/mol. The molecule has 4 N–H and O–H groups in total. The Labute approximate surface area is 192 Å². The number of benzene rings is 2. The minimum atomic E-state index is -3.62. The maximum Gasteiger partial charge on any atom is 0.319 e. The molecule has 1 aromatic heterocycles. The van der Waals surface area contributed by atoms with Gasteiger partial charge in [-0.05, 0) is 68.5 Å². The second kappa shape index (κ2) is 8.15. The van der Waals surface area contributed by atoms with Crippen LogP contribution in [0, 0.1) is 0 Å². The van der Waals surface area contributed by atoms with Crippen molar-refractivity contribution in [1.82, 2.24) is 15.3 Å². The predicted octanol–water partition coefficient (Wildman–Crippen LogP) is 3.86. The standard InChI is InChI=1S/C24H25N5O3S/c25-21-15-20(24(13-14-24)33(31,32)19-7-2-1-3-8-19)28-22(29-21)16-9-11-18(12-10-16)27-23(30)26-17-5-4-6-17/h1-3,7-12,15,17H,4-6,13-14H2,(H2,25,28,29)(H2,26,27,30). The van der Waals surface area contributed by atoms with Crippen molar-refractivity contribution in [3.05, 3.63) is 66.4 Å². The molecular weight excluding hydrogens is 438 g/mol. The average Bonchev–Trinajstić information content (AvgIpc) is 3.60. The van der Waals surface area contributed by atoms with E-state index < -0.39 is 14.6 Å². The van der Waals surface area contributed by atoms with Crippen molar-refractivity contribution in [2.45, 2.75) is 47.8 Å². The van der Waals surface area contributed by atoms with Gasteiger partial charge in [-0.3, -0.25) is 0 Å². The van der Waals surface area contributed by atoms with E-state index >= 15 is 0 Å². The summed E-state index contributed by atoms with van der Waals surface area (Å²) < 4.78 is 25.7. The van der Waals surface area contributed by atoms with E-state index in [-0.39, 0.29) is 22.8 Å². The Bertz CT molecular complexity index is 1290. The third kappa shape index (κ3) is 4.04. The lowest BCUT2D eigenvalue weighted by atomic mass is 9.93. The van der Waals surface area contributed by atoms with Crippen LogP contribution in [0.1, 0.15) is 37.8 Å². The molecule has 0 unspecified atom stereocenters. The number of hydrogen-bond donors (Lipinski definition) is 3. The number of nitrogen functional groups attached to an aromatic ring is 1. The molecule has 9 heteroatoms. The van der Waals surface area contributed by atoms with Gasteiger partial charge in [0.15, 0.2) is 15.7 Å². The van der Waals surface area contributed by atoms with Gasteiger partial charge in [0.2, 0.25) is 0 Å². The van der Waals surface area contributed by atoms with Gasteiger partial charge in [-0.2, -0.15) is 0 Å². The first-order valence-corrected chi connectivity index (χ1v) is 12.5. The fourth-order valence-electron chi connectivity index (χ4n) is 4.04. The minimum Gasteiger partial charge on any atom is -0.384 e. The number of carbonyl (C=O) groups is 1. The molecule has 33 heavy (non-hydrogen) atoms. The zero-order valence-electron chi connectivity index (χ0n) is 18.0. The summed E-state index contributed by atoms with van der Waals surface area (Å²) in [6.07, 6.45) is 4.15. The Morgan fingerprint density at radius 3 is 2.30 bits per heavy atom. The van der Waals surface area contributed by atoms with Gasteiger partial charge in [-0.1, -0.05) is 18.2 Å². The summed E-state index contributed by atoms with van der Waals surface area (Å²) in [4.78, 5) is 21.3. The van der Waals surface area contributed by atoms with E-state index in [2.05, 4.69) is 20.6 Å². The van der Waals surface area contributed by atoms with E-state index in [1.165, 1.54) is 0 Å². The molecule has 1 heterocycles. The van der Waals surface area contributed by atoms with Gasteiger partial charge < -0.3 is 16.4 Å². The van der Waals surface area contributed by atoms with Crippen LogP contribution in [0.5, 0.6) is 0 Å². The molecule has 0 bridgehead atoms. The Hall–Kier alpha value is -3.46. The quantitative estimate of drug-likeness (QED) is 0.509. The lowest BCUT2D eigenvalue weighted by Crippen LogP contribution is -2.41. The van der Waals surface area contributed by atoms with Gasteiger partial charge in [0.05, 0.1) is 10.6 Å². The molecule has 0 saturated heterocycles. The minimum absolute atomic E-state index is 0.214. The zero-order valence-corrected chi connectivity index (χ0v) is 18.8. The largest absolute Gasteiger partial charge is 0.384 e. The van der Waals surface area contributed by atoms with Crippen LogP contribution in [-0.2, 0) is 14.6 Å². The summed E-state index contributed by atoms with van der Waals surface area (Å²) in [5, 5.41) is 5.75. The predicted molar refractivity (Wildman–Crippen MR) is 126 cm³/mol. The SMILES string of the molecule is Nc1cc(C2(S(=O)(=O)c3ccccc3)CC2)nc(-c2ccc(NC(=O)NC3CCC3)cc2)n1.